The van der Waals surface area contributed by atoms with Crippen molar-refractivity contribution in [2.24, 2.45) is 17.8 Å². The number of carbonyl (C=O) groups excluding carboxylic acids is 2. The van der Waals surface area contributed by atoms with Crippen LogP contribution in [0.4, 0.5) is 36.4 Å². The van der Waals surface area contributed by atoms with E-state index < -0.39 is 83.5 Å². The zero-order valence-electron chi connectivity index (χ0n) is 24.9. The Morgan fingerprint density at radius 3 is 2.26 bits per heavy atom. The summed E-state index contributed by atoms with van der Waals surface area (Å²) < 4.78 is 101. The first kappa shape index (κ1) is 33.7. The molecule has 0 spiro atoms. The quantitative estimate of drug-likeness (QED) is 0.140. The molecule has 2 amide bonds. The van der Waals surface area contributed by atoms with Crippen LogP contribution in [0.25, 0.3) is 6.08 Å². The van der Waals surface area contributed by atoms with Crippen molar-refractivity contribution < 1.29 is 55.1 Å². The van der Waals surface area contributed by atoms with Crippen molar-refractivity contribution in [1.29, 1.82) is 0 Å². The van der Waals surface area contributed by atoms with Crippen LogP contribution in [0.1, 0.15) is 62.6 Å². The Bertz CT molecular complexity index is 1570. The van der Waals surface area contributed by atoms with E-state index in [0.717, 1.165) is 16.7 Å². The average Bonchev–Trinajstić information content (AvgIpc) is 3.21. The first-order chi connectivity index (χ1) is 21.5. The monoisotopic (exact) mass is 653 g/mol. The average molecular weight is 653 g/mol. The number of carbonyl (C=O) groups is 2. The maximum Gasteiger partial charge on any atom is 0.455 e. The molecule has 2 aromatic rings. The number of hydrogen-bond acceptors (Lipinski definition) is 5. The molecule has 2 heterocycles. The fourth-order valence-corrected chi connectivity index (χ4v) is 6.95. The summed E-state index contributed by atoms with van der Waals surface area (Å²) in [5.41, 5.74) is -1.21. The second-order valence-corrected chi connectivity index (χ2v) is 12.1. The van der Waals surface area contributed by atoms with Crippen LogP contribution in [-0.4, -0.2) is 35.2 Å². The van der Waals surface area contributed by atoms with E-state index in [1.165, 1.54) is 12.1 Å². The molecule has 1 aliphatic carbocycles. The molecular formula is C32H31BF7NO5. The smallest absolute Gasteiger partial charge is 0.455 e. The number of alkyl halides is 6. The number of phenols is 1. The van der Waals surface area contributed by atoms with Crippen LogP contribution in [0.15, 0.2) is 53.1 Å². The van der Waals surface area contributed by atoms with Crippen LogP contribution < -0.4 is 4.90 Å². The van der Waals surface area contributed by atoms with Crippen LogP contribution >= 0.6 is 0 Å². The normalized spacial score (nSPS) is 24.1. The van der Waals surface area contributed by atoms with Gasteiger partial charge in [0.05, 0.1) is 34.8 Å². The molecule has 3 aliphatic rings. The van der Waals surface area contributed by atoms with E-state index in [9.17, 15) is 50.5 Å². The van der Waals surface area contributed by atoms with Crippen molar-refractivity contribution >= 4 is 30.7 Å². The molecule has 14 heteroatoms. The Labute approximate surface area is 260 Å². The number of nitrogens with zero attached hydrogens (tertiary/aromatic N) is 1. The summed E-state index contributed by atoms with van der Waals surface area (Å²) in [5.74, 6) is -5.92. The van der Waals surface area contributed by atoms with Gasteiger partial charge in [-0.05, 0) is 86.3 Å². The summed E-state index contributed by atoms with van der Waals surface area (Å²) >= 11 is 0. The number of anilines is 1. The fraction of sp³-hybridized carbons (Fsp3) is 0.438. The molecule has 0 saturated carbocycles. The first-order valence-corrected chi connectivity index (χ1v) is 14.9. The number of benzene rings is 2. The van der Waals surface area contributed by atoms with Gasteiger partial charge in [0, 0.05) is 0 Å². The van der Waals surface area contributed by atoms with Crippen LogP contribution in [0.3, 0.4) is 0 Å². The van der Waals surface area contributed by atoms with Crippen molar-refractivity contribution in [3.05, 3.63) is 75.6 Å². The highest BCUT2D eigenvalue weighted by Crippen LogP contribution is 2.52. The Morgan fingerprint density at radius 1 is 1.02 bits per heavy atom. The van der Waals surface area contributed by atoms with Crippen LogP contribution in [0.2, 0.25) is 6.32 Å². The van der Waals surface area contributed by atoms with Crippen LogP contribution in [-0.2, 0) is 26.6 Å². The summed E-state index contributed by atoms with van der Waals surface area (Å²) in [4.78, 5) is 28.0. The van der Waals surface area contributed by atoms with Crippen molar-refractivity contribution in [3.8, 4) is 5.75 Å². The summed E-state index contributed by atoms with van der Waals surface area (Å²) in [6.45, 7) is 3.71. The maximum atomic E-state index is 13.9. The van der Waals surface area contributed by atoms with Crippen molar-refractivity contribution in [3.63, 3.8) is 0 Å². The minimum Gasteiger partial charge on any atom is -0.505 e. The molecule has 246 valence electrons. The van der Waals surface area contributed by atoms with Gasteiger partial charge >= 0.3 is 19.5 Å². The summed E-state index contributed by atoms with van der Waals surface area (Å²) in [6, 6.07) is 4.63. The lowest BCUT2D eigenvalue weighted by atomic mass is 9.58. The number of phenolic OH excluding ortho intramolecular Hbond substituents is 1. The number of amides is 2. The van der Waals surface area contributed by atoms with Gasteiger partial charge in [0.25, 0.3) is 0 Å². The predicted molar refractivity (Wildman–Crippen MR) is 155 cm³/mol. The molecule has 2 N–H and O–H groups in total. The Balaban J connectivity index is 1.47. The zero-order chi connectivity index (χ0) is 33.7. The lowest BCUT2D eigenvalue weighted by molar-refractivity contribution is -0.143. The maximum absolute atomic E-state index is 13.9. The fourth-order valence-electron chi connectivity index (χ4n) is 6.95. The minimum atomic E-state index is -5.17. The minimum absolute atomic E-state index is 0.0609. The summed E-state index contributed by atoms with van der Waals surface area (Å²) in [5, 5.41) is 20.2. The van der Waals surface area contributed by atoms with E-state index in [0.29, 0.717) is 48.3 Å². The number of fused-ring (bicyclic) bond motifs is 3. The Kier molecular flexibility index (Phi) is 9.17. The largest absolute Gasteiger partial charge is 0.505 e. The highest BCUT2D eigenvalue weighted by atomic mass is 19.4. The molecule has 4 atom stereocenters. The molecule has 46 heavy (non-hydrogen) atoms. The molecule has 5 rings (SSSR count). The van der Waals surface area contributed by atoms with E-state index >= 15 is 0 Å². The SMILES string of the molecule is CCCC1=C2[C@@H](CC/C(C)=C/c3ccc(O)c(F)c3)OB(O)C[C@@H]2[C@@H]2C(=O)N(c3cc(C(F)(F)F)cc(C(F)(F)F)c3)C(=O)[C@@H]2C1. The number of hydrogen-bond donors (Lipinski definition) is 2. The van der Waals surface area contributed by atoms with Gasteiger partial charge in [-0.1, -0.05) is 36.6 Å². The molecule has 0 aromatic heterocycles. The van der Waals surface area contributed by atoms with Gasteiger partial charge in [-0.3, -0.25) is 9.59 Å². The second-order valence-electron chi connectivity index (χ2n) is 12.1. The third-order valence-corrected chi connectivity index (χ3v) is 8.88. The third-order valence-electron chi connectivity index (χ3n) is 8.88. The first-order valence-electron chi connectivity index (χ1n) is 14.9. The number of imide groups is 1. The molecule has 0 bridgehead atoms. The standard InChI is InChI=1S/C32H31BF7NO5/c1-3-4-18-11-22-28(30(44)41(29(22)43)21-13-19(31(35,36)37)12-20(14-21)32(38,39)40)23-15-33(45)46-26(27(18)23)8-5-16(2)9-17-6-7-25(42)24(34)10-17/h6-7,9-10,12-14,22-23,26,28,42,45H,3-5,8,11,15H2,1-2H3/b16-9+/t22-,23+,26-,28-/m1/s1. The molecule has 2 aromatic carbocycles. The zero-order valence-corrected chi connectivity index (χ0v) is 24.9. The van der Waals surface area contributed by atoms with Crippen molar-refractivity contribution in [2.75, 3.05) is 4.90 Å². The molecule has 0 radical (unpaired) electrons. The predicted octanol–water partition coefficient (Wildman–Crippen LogP) is 7.55. The highest BCUT2D eigenvalue weighted by molar-refractivity contribution is 6.43. The van der Waals surface area contributed by atoms with E-state index in [1.807, 2.05) is 6.92 Å². The van der Waals surface area contributed by atoms with E-state index in [1.54, 1.807) is 19.1 Å². The molecule has 0 unspecified atom stereocenters. The summed E-state index contributed by atoms with van der Waals surface area (Å²) in [7, 11) is -1.34. The lowest BCUT2D eigenvalue weighted by Gasteiger charge is -2.43. The molecule has 2 fully saturated rings. The molecule has 2 saturated heterocycles. The van der Waals surface area contributed by atoms with Crippen molar-refractivity contribution in [1.82, 2.24) is 0 Å². The van der Waals surface area contributed by atoms with E-state index in [4.69, 9.17) is 4.65 Å². The van der Waals surface area contributed by atoms with Crippen LogP contribution in [0.5, 0.6) is 5.75 Å². The molecular weight excluding hydrogens is 622 g/mol. The van der Waals surface area contributed by atoms with Gasteiger partial charge in [-0.15, -0.1) is 0 Å². The van der Waals surface area contributed by atoms with Crippen molar-refractivity contribution in [2.45, 2.75) is 70.7 Å². The summed E-state index contributed by atoms with van der Waals surface area (Å²) in [6.07, 6.45) is -7.38. The Morgan fingerprint density at radius 2 is 1.67 bits per heavy atom. The highest BCUT2D eigenvalue weighted by Gasteiger charge is 2.58. The van der Waals surface area contributed by atoms with Gasteiger partial charge in [0.1, 0.15) is 0 Å². The number of rotatable bonds is 7. The topological polar surface area (TPSA) is 87.1 Å². The van der Waals surface area contributed by atoms with E-state index in [-0.39, 0.29) is 18.8 Å². The second kappa shape index (κ2) is 12.5. The molecule has 2 aliphatic heterocycles. The Hall–Kier alpha value is -3.65. The van der Waals surface area contributed by atoms with E-state index in [2.05, 4.69) is 0 Å². The molecule has 6 nitrogen and oxygen atoms in total. The van der Waals surface area contributed by atoms with Gasteiger partial charge in [-0.2, -0.15) is 26.3 Å². The third kappa shape index (κ3) is 6.59. The number of aromatic hydroxyl groups is 1. The lowest BCUT2D eigenvalue weighted by Crippen LogP contribution is -2.46. The van der Waals surface area contributed by atoms with Gasteiger partial charge in [-0.25, -0.2) is 9.29 Å². The number of allylic oxidation sites excluding steroid dienone is 2. The van der Waals surface area contributed by atoms with Gasteiger partial charge in [0.2, 0.25) is 11.8 Å². The van der Waals surface area contributed by atoms with Gasteiger partial charge in [0.15, 0.2) is 11.6 Å². The number of halogens is 7. The van der Waals surface area contributed by atoms with Crippen LogP contribution in [0, 0.1) is 23.6 Å². The van der Waals surface area contributed by atoms with Gasteiger partial charge < -0.3 is 14.8 Å².